The Morgan fingerprint density at radius 2 is 2.08 bits per heavy atom. The average molecular weight is 357 g/mol. The van der Waals surface area contributed by atoms with Gasteiger partial charge in [0.25, 0.3) is 5.56 Å². The first-order valence-electron chi connectivity index (χ1n) is 8.86. The molecule has 2 aliphatic heterocycles. The van der Waals surface area contributed by atoms with Gasteiger partial charge < -0.3 is 14.8 Å². The van der Waals surface area contributed by atoms with Crippen molar-refractivity contribution in [2.45, 2.75) is 38.8 Å². The average Bonchev–Trinajstić information content (AvgIpc) is 3.09. The summed E-state index contributed by atoms with van der Waals surface area (Å²) in [7, 11) is 0. The molecule has 0 aliphatic carbocycles. The number of amides is 2. The second kappa shape index (κ2) is 6.33. The quantitative estimate of drug-likeness (QED) is 0.898. The summed E-state index contributed by atoms with van der Waals surface area (Å²) in [6.45, 7) is 6.06. The van der Waals surface area contributed by atoms with Gasteiger partial charge in [-0.2, -0.15) is 0 Å². The molecule has 2 amide bonds. The highest BCUT2D eigenvalue weighted by molar-refractivity contribution is 7.13. The summed E-state index contributed by atoms with van der Waals surface area (Å²) in [6.07, 6.45) is 1.05. The number of piperidine rings is 1. The zero-order valence-corrected chi connectivity index (χ0v) is 15.4. The number of nitrogens with one attached hydrogen (secondary N) is 1. The summed E-state index contributed by atoms with van der Waals surface area (Å²) in [5.41, 5.74) is 2.32. The second-order valence-corrected chi connectivity index (χ2v) is 8.31. The molecule has 1 saturated heterocycles. The largest absolute Gasteiger partial charge is 0.336 e. The Balaban J connectivity index is 1.72. The van der Waals surface area contributed by atoms with Crippen molar-refractivity contribution in [1.82, 2.24) is 14.8 Å². The number of thiophene rings is 1. The fourth-order valence-corrected chi connectivity index (χ4v) is 4.92. The first-order chi connectivity index (χ1) is 12.0. The van der Waals surface area contributed by atoms with Gasteiger partial charge in [-0.3, -0.25) is 4.79 Å². The van der Waals surface area contributed by atoms with Crippen LogP contribution < -0.4 is 10.9 Å². The molecule has 5 nitrogen and oxygen atoms in total. The molecule has 132 valence electrons. The molecule has 1 N–H and O–H groups in total. The first kappa shape index (κ1) is 16.4. The second-order valence-electron chi connectivity index (χ2n) is 7.37. The SMILES string of the molecule is CC(C)NC(=O)N1CC2CC(C1)c1c(-c3cccs3)ccc(=O)n1C2. The Kier molecular flexibility index (Phi) is 4.15. The normalized spacial score (nSPS) is 22.0. The zero-order valence-electron chi connectivity index (χ0n) is 14.6. The van der Waals surface area contributed by atoms with Crippen LogP contribution in [0.25, 0.3) is 10.4 Å². The van der Waals surface area contributed by atoms with E-state index in [-0.39, 0.29) is 23.6 Å². The number of aromatic nitrogens is 1. The molecule has 0 aromatic carbocycles. The minimum Gasteiger partial charge on any atom is -0.336 e. The van der Waals surface area contributed by atoms with Gasteiger partial charge in [0.2, 0.25) is 0 Å². The third-order valence-corrected chi connectivity index (χ3v) is 5.98. The Morgan fingerprint density at radius 3 is 2.80 bits per heavy atom. The van der Waals surface area contributed by atoms with Crippen LogP contribution >= 0.6 is 11.3 Å². The summed E-state index contributed by atoms with van der Waals surface area (Å²) < 4.78 is 1.95. The van der Waals surface area contributed by atoms with Gasteiger partial charge in [-0.05, 0) is 43.7 Å². The summed E-state index contributed by atoms with van der Waals surface area (Å²) in [4.78, 5) is 28.0. The summed E-state index contributed by atoms with van der Waals surface area (Å²) >= 11 is 1.69. The van der Waals surface area contributed by atoms with E-state index < -0.39 is 0 Å². The maximum absolute atomic E-state index is 12.5. The third kappa shape index (κ3) is 2.99. The van der Waals surface area contributed by atoms with Crippen LogP contribution in [-0.2, 0) is 6.54 Å². The summed E-state index contributed by atoms with van der Waals surface area (Å²) in [5.74, 6) is 0.567. The van der Waals surface area contributed by atoms with E-state index in [1.165, 1.54) is 4.88 Å². The van der Waals surface area contributed by atoms with Crippen LogP contribution in [0.1, 0.15) is 31.9 Å². The van der Waals surface area contributed by atoms with Crippen molar-refractivity contribution in [2.75, 3.05) is 13.1 Å². The van der Waals surface area contributed by atoms with Crippen LogP contribution in [0.5, 0.6) is 0 Å². The molecular formula is C19H23N3O2S. The lowest BCUT2D eigenvalue weighted by Gasteiger charge is -2.43. The van der Waals surface area contributed by atoms with Crippen LogP contribution in [0.3, 0.4) is 0 Å². The van der Waals surface area contributed by atoms with Gasteiger partial charge in [-0.1, -0.05) is 6.07 Å². The van der Waals surface area contributed by atoms with Crippen LogP contribution in [0.2, 0.25) is 0 Å². The number of pyridine rings is 1. The fourth-order valence-electron chi connectivity index (χ4n) is 4.16. The van der Waals surface area contributed by atoms with Crippen molar-refractivity contribution in [1.29, 1.82) is 0 Å². The van der Waals surface area contributed by atoms with Crippen LogP contribution in [0, 0.1) is 5.92 Å². The number of likely N-dealkylation sites (tertiary alicyclic amines) is 1. The third-order valence-electron chi connectivity index (χ3n) is 5.08. The standard InChI is InChI=1S/C19H23N3O2S/c1-12(2)20-19(24)21-9-13-8-14(11-21)18-15(16-4-3-7-25-16)5-6-17(23)22(18)10-13/h3-7,12-14H,8-11H2,1-2H3,(H,20,24). The lowest BCUT2D eigenvalue weighted by Crippen LogP contribution is -2.53. The molecule has 6 heteroatoms. The van der Waals surface area contributed by atoms with E-state index in [9.17, 15) is 9.59 Å². The minimum absolute atomic E-state index is 0.00843. The molecule has 0 spiro atoms. The van der Waals surface area contributed by atoms with Crippen LogP contribution in [0.4, 0.5) is 4.79 Å². The Hall–Kier alpha value is -2.08. The maximum atomic E-state index is 12.5. The number of carbonyl (C=O) groups excluding carboxylic acids is 1. The van der Waals surface area contributed by atoms with Gasteiger partial charge in [0.05, 0.1) is 0 Å². The summed E-state index contributed by atoms with van der Waals surface area (Å²) in [5, 5.41) is 5.06. The van der Waals surface area contributed by atoms with E-state index in [0.29, 0.717) is 19.0 Å². The number of fused-ring (bicyclic) bond motifs is 4. The Labute approximate surface area is 151 Å². The Bertz CT molecular complexity index is 841. The molecule has 4 rings (SSSR count). The van der Waals surface area contributed by atoms with E-state index in [1.54, 1.807) is 17.4 Å². The van der Waals surface area contributed by atoms with Crippen LogP contribution in [-0.4, -0.2) is 34.6 Å². The molecular weight excluding hydrogens is 334 g/mol. The van der Waals surface area contributed by atoms with Crippen molar-refractivity contribution < 1.29 is 4.79 Å². The number of carbonyl (C=O) groups is 1. The molecule has 25 heavy (non-hydrogen) atoms. The van der Waals surface area contributed by atoms with Crippen molar-refractivity contribution >= 4 is 17.4 Å². The topological polar surface area (TPSA) is 54.3 Å². The molecule has 1 fully saturated rings. The van der Waals surface area contributed by atoms with Gasteiger partial charge in [0.15, 0.2) is 0 Å². The predicted octanol–water partition coefficient (Wildman–Crippen LogP) is 3.11. The Morgan fingerprint density at radius 1 is 1.24 bits per heavy atom. The van der Waals surface area contributed by atoms with Crippen molar-refractivity contribution in [3.63, 3.8) is 0 Å². The highest BCUT2D eigenvalue weighted by Gasteiger charge is 2.38. The van der Waals surface area contributed by atoms with E-state index in [0.717, 1.165) is 24.2 Å². The molecule has 2 aromatic rings. The molecule has 2 atom stereocenters. The lowest BCUT2D eigenvalue weighted by atomic mass is 9.81. The van der Waals surface area contributed by atoms with E-state index in [4.69, 9.17) is 0 Å². The molecule has 2 aromatic heterocycles. The molecule has 0 saturated carbocycles. The van der Waals surface area contributed by atoms with Gasteiger partial charge in [0, 0.05) is 53.8 Å². The van der Waals surface area contributed by atoms with Gasteiger partial charge in [-0.15, -0.1) is 11.3 Å². The smallest absolute Gasteiger partial charge is 0.317 e. The van der Waals surface area contributed by atoms with Gasteiger partial charge in [-0.25, -0.2) is 4.79 Å². The number of rotatable bonds is 2. The molecule has 2 bridgehead atoms. The van der Waals surface area contributed by atoms with E-state index in [2.05, 4.69) is 16.8 Å². The van der Waals surface area contributed by atoms with Crippen molar-refractivity contribution in [2.24, 2.45) is 5.92 Å². The lowest BCUT2D eigenvalue weighted by molar-refractivity contribution is 0.130. The highest BCUT2D eigenvalue weighted by atomic mass is 32.1. The maximum Gasteiger partial charge on any atom is 0.317 e. The van der Waals surface area contributed by atoms with Crippen molar-refractivity contribution in [3.05, 3.63) is 45.7 Å². The fraction of sp³-hybridized carbons (Fsp3) is 0.474. The molecule has 2 unspecified atom stereocenters. The number of hydrogen-bond donors (Lipinski definition) is 1. The molecule has 0 radical (unpaired) electrons. The minimum atomic E-state index is 0.00843. The van der Waals surface area contributed by atoms with Gasteiger partial charge in [0.1, 0.15) is 0 Å². The van der Waals surface area contributed by atoms with Crippen LogP contribution in [0.15, 0.2) is 34.4 Å². The van der Waals surface area contributed by atoms with Crippen molar-refractivity contribution in [3.8, 4) is 10.4 Å². The van der Waals surface area contributed by atoms with Gasteiger partial charge >= 0.3 is 6.03 Å². The van der Waals surface area contributed by atoms with E-state index in [1.807, 2.05) is 35.4 Å². The first-order valence-corrected chi connectivity index (χ1v) is 9.74. The zero-order chi connectivity index (χ0) is 17.6. The number of urea groups is 1. The predicted molar refractivity (Wildman–Crippen MR) is 100 cm³/mol. The monoisotopic (exact) mass is 357 g/mol. The number of hydrogen-bond acceptors (Lipinski definition) is 3. The molecule has 4 heterocycles. The molecule has 2 aliphatic rings. The number of nitrogens with zero attached hydrogens (tertiary/aromatic N) is 2. The summed E-state index contributed by atoms with van der Waals surface area (Å²) in [6, 6.07) is 7.91. The highest BCUT2D eigenvalue weighted by Crippen LogP contribution is 2.40. The van der Waals surface area contributed by atoms with E-state index >= 15 is 0 Å².